The van der Waals surface area contributed by atoms with E-state index in [1.807, 2.05) is 6.07 Å². The minimum absolute atomic E-state index is 0.470. The van der Waals surface area contributed by atoms with Crippen molar-refractivity contribution < 1.29 is 0 Å². The van der Waals surface area contributed by atoms with E-state index in [0.29, 0.717) is 10.7 Å². The molecule has 0 spiro atoms. The molecule has 1 aromatic heterocycles. The molecular weight excluding hydrogens is 262 g/mol. The Morgan fingerprint density at radius 3 is 2.56 bits per heavy atom. The van der Waals surface area contributed by atoms with Crippen LogP contribution in [0.4, 0.5) is 0 Å². The summed E-state index contributed by atoms with van der Waals surface area (Å²) < 4.78 is 0. The van der Waals surface area contributed by atoms with Crippen molar-refractivity contribution in [1.82, 2.24) is 4.98 Å². The van der Waals surface area contributed by atoms with Gasteiger partial charge in [-0.15, -0.1) is 0 Å². The molecule has 16 heavy (non-hydrogen) atoms. The molecule has 0 saturated heterocycles. The standard InChI is InChI=1S/C14H16BrN/c1-9-8-13(10(2)11(3)15)12-6-4-5-7-14(12)16-9/h4-8,10-11H,1-3H3. The predicted octanol–water partition coefficient (Wildman–Crippen LogP) is 4.43. The SMILES string of the molecule is Cc1cc(C(C)C(C)Br)c2ccccc2n1. The molecule has 0 aliphatic heterocycles. The van der Waals surface area contributed by atoms with Crippen LogP contribution < -0.4 is 0 Å². The van der Waals surface area contributed by atoms with E-state index >= 15 is 0 Å². The van der Waals surface area contributed by atoms with Crippen molar-refractivity contribution in [3.63, 3.8) is 0 Å². The molecule has 84 valence electrons. The monoisotopic (exact) mass is 277 g/mol. The van der Waals surface area contributed by atoms with E-state index < -0.39 is 0 Å². The molecule has 0 aliphatic carbocycles. The lowest BCUT2D eigenvalue weighted by Gasteiger charge is -2.17. The quantitative estimate of drug-likeness (QED) is 0.740. The second-order valence-corrected chi connectivity index (χ2v) is 5.78. The number of alkyl halides is 1. The molecule has 0 saturated carbocycles. The molecule has 0 amide bonds. The number of para-hydroxylation sites is 1. The fourth-order valence-corrected chi connectivity index (χ4v) is 2.25. The largest absolute Gasteiger partial charge is 0.253 e. The van der Waals surface area contributed by atoms with Gasteiger partial charge in [0.2, 0.25) is 0 Å². The van der Waals surface area contributed by atoms with Gasteiger partial charge in [0.1, 0.15) is 0 Å². The minimum Gasteiger partial charge on any atom is -0.253 e. The van der Waals surface area contributed by atoms with E-state index in [4.69, 9.17) is 0 Å². The van der Waals surface area contributed by atoms with Crippen LogP contribution in [0.5, 0.6) is 0 Å². The van der Waals surface area contributed by atoms with Gasteiger partial charge < -0.3 is 0 Å². The van der Waals surface area contributed by atoms with Crippen molar-refractivity contribution in [2.75, 3.05) is 0 Å². The first-order valence-electron chi connectivity index (χ1n) is 5.60. The number of rotatable bonds is 2. The maximum atomic E-state index is 4.56. The Morgan fingerprint density at radius 2 is 1.88 bits per heavy atom. The predicted molar refractivity (Wildman–Crippen MR) is 73.3 cm³/mol. The summed E-state index contributed by atoms with van der Waals surface area (Å²) in [6.07, 6.45) is 0. The normalized spacial score (nSPS) is 15.0. The highest BCUT2D eigenvalue weighted by Gasteiger charge is 2.15. The number of pyridine rings is 1. The van der Waals surface area contributed by atoms with Crippen LogP contribution in [-0.2, 0) is 0 Å². The summed E-state index contributed by atoms with van der Waals surface area (Å²) in [5.74, 6) is 0.492. The van der Waals surface area contributed by atoms with Crippen LogP contribution in [0.25, 0.3) is 10.9 Å². The fraction of sp³-hybridized carbons (Fsp3) is 0.357. The van der Waals surface area contributed by atoms with E-state index in [-0.39, 0.29) is 0 Å². The third kappa shape index (κ3) is 2.12. The Hall–Kier alpha value is -0.890. The second-order valence-electron chi connectivity index (χ2n) is 4.34. The Bertz CT molecular complexity index is 505. The van der Waals surface area contributed by atoms with E-state index in [1.165, 1.54) is 10.9 Å². The molecule has 1 aromatic carbocycles. The second kappa shape index (κ2) is 4.54. The fourth-order valence-electron chi connectivity index (χ4n) is 1.96. The Kier molecular flexibility index (Phi) is 3.29. The Morgan fingerprint density at radius 1 is 1.19 bits per heavy atom. The van der Waals surface area contributed by atoms with E-state index in [1.54, 1.807) is 0 Å². The summed E-state index contributed by atoms with van der Waals surface area (Å²) >= 11 is 3.67. The lowest BCUT2D eigenvalue weighted by molar-refractivity contribution is 0.766. The third-order valence-corrected chi connectivity index (χ3v) is 3.85. The van der Waals surface area contributed by atoms with Gasteiger partial charge in [-0.3, -0.25) is 4.98 Å². The molecule has 0 N–H and O–H groups in total. The molecule has 0 fully saturated rings. The molecule has 0 bridgehead atoms. The first kappa shape index (κ1) is 11.6. The third-order valence-electron chi connectivity index (χ3n) is 3.06. The first-order valence-corrected chi connectivity index (χ1v) is 6.51. The summed E-state index contributed by atoms with van der Waals surface area (Å²) in [6.45, 7) is 6.50. The van der Waals surface area contributed by atoms with Gasteiger partial charge in [-0.05, 0) is 30.5 Å². The molecule has 1 nitrogen and oxygen atoms in total. The minimum atomic E-state index is 0.470. The highest BCUT2D eigenvalue weighted by molar-refractivity contribution is 9.09. The van der Waals surface area contributed by atoms with Gasteiger partial charge in [0.15, 0.2) is 0 Å². The van der Waals surface area contributed by atoms with Gasteiger partial charge >= 0.3 is 0 Å². The number of aromatic nitrogens is 1. The maximum Gasteiger partial charge on any atom is 0.0708 e. The van der Waals surface area contributed by atoms with Crippen molar-refractivity contribution in [1.29, 1.82) is 0 Å². The molecule has 2 atom stereocenters. The van der Waals surface area contributed by atoms with E-state index in [2.05, 4.69) is 66.0 Å². The van der Waals surface area contributed by atoms with Gasteiger partial charge in [-0.25, -0.2) is 0 Å². The van der Waals surface area contributed by atoms with Gasteiger partial charge in [0.05, 0.1) is 5.52 Å². The number of hydrogen-bond donors (Lipinski definition) is 0. The van der Waals surface area contributed by atoms with Crippen LogP contribution in [0, 0.1) is 6.92 Å². The van der Waals surface area contributed by atoms with Gasteiger partial charge in [-0.1, -0.05) is 48.0 Å². The van der Waals surface area contributed by atoms with Gasteiger partial charge in [-0.2, -0.15) is 0 Å². The number of nitrogens with zero attached hydrogens (tertiary/aromatic N) is 1. The summed E-state index contributed by atoms with van der Waals surface area (Å²) in [5.41, 5.74) is 3.57. The zero-order valence-corrected chi connectivity index (χ0v) is 11.5. The Balaban J connectivity index is 2.67. The molecule has 2 rings (SSSR count). The lowest BCUT2D eigenvalue weighted by Crippen LogP contribution is -2.06. The van der Waals surface area contributed by atoms with Gasteiger partial charge in [0, 0.05) is 15.9 Å². The van der Waals surface area contributed by atoms with Crippen LogP contribution in [0.3, 0.4) is 0 Å². The molecule has 2 heteroatoms. The van der Waals surface area contributed by atoms with Crippen LogP contribution in [0.1, 0.15) is 31.0 Å². The molecule has 2 unspecified atom stereocenters. The summed E-state index contributed by atoms with van der Waals surface area (Å²) in [6, 6.07) is 10.6. The Labute approximate surface area is 105 Å². The molecule has 0 aliphatic rings. The molecular formula is C14H16BrN. The van der Waals surface area contributed by atoms with Crippen molar-refractivity contribution in [3.8, 4) is 0 Å². The molecule has 2 aromatic rings. The highest BCUT2D eigenvalue weighted by atomic mass is 79.9. The van der Waals surface area contributed by atoms with Crippen molar-refractivity contribution in [2.24, 2.45) is 0 Å². The zero-order valence-electron chi connectivity index (χ0n) is 9.87. The smallest absolute Gasteiger partial charge is 0.0708 e. The van der Waals surface area contributed by atoms with Crippen molar-refractivity contribution in [3.05, 3.63) is 41.6 Å². The average Bonchev–Trinajstić information content (AvgIpc) is 2.26. The molecule has 0 radical (unpaired) electrons. The number of aryl methyl sites for hydroxylation is 1. The van der Waals surface area contributed by atoms with Crippen LogP contribution in [0.15, 0.2) is 30.3 Å². The van der Waals surface area contributed by atoms with Crippen molar-refractivity contribution >= 4 is 26.8 Å². The maximum absolute atomic E-state index is 4.56. The molecule has 1 heterocycles. The number of halogens is 1. The highest BCUT2D eigenvalue weighted by Crippen LogP contribution is 2.30. The number of hydrogen-bond acceptors (Lipinski definition) is 1. The summed E-state index contributed by atoms with van der Waals surface area (Å²) in [5, 5.41) is 1.27. The van der Waals surface area contributed by atoms with E-state index in [9.17, 15) is 0 Å². The van der Waals surface area contributed by atoms with Crippen molar-refractivity contribution in [2.45, 2.75) is 31.5 Å². The van der Waals surface area contributed by atoms with Crippen LogP contribution in [0.2, 0.25) is 0 Å². The number of benzene rings is 1. The topological polar surface area (TPSA) is 12.9 Å². The van der Waals surface area contributed by atoms with Crippen LogP contribution in [-0.4, -0.2) is 9.81 Å². The average molecular weight is 278 g/mol. The number of fused-ring (bicyclic) bond motifs is 1. The first-order chi connectivity index (χ1) is 7.59. The summed E-state index contributed by atoms with van der Waals surface area (Å²) in [7, 11) is 0. The summed E-state index contributed by atoms with van der Waals surface area (Å²) in [4.78, 5) is 5.03. The van der Waals surface area contributed by atoms with Crippen LogP contribution >= 0.6 is 15.9 Å². The van der Waals surface area contributed by atoms with E-state index in [0.717, 1.165) is 11.2 Å². The van der Waals surface area contributed by atoms with Gasteiger partial charge in [0.25, 0.3) is 0 Å². The zero-order chi connectivity index (χ0) is 11.7. The lowest BCUT2D eigenvalue weighted by atomic mass is 9.94.